The molecule has 3 unspecified atom stereocenters. The summed E-state index contributed by atoms with van der Waals surface area (Å²) in [6.45, 7) is 0.194. The van der Waals surface area contributed by atoms with Crippen LogP contribution >= 0.6 is 0 Å². The first-order valence-corrected chi connectivity index (χ1v) is 13.1. The van der Waals surface area contributed by atoms with E-state index in [0.29, 0.717) is 0 Å². The average molecular weight is 509 g/mol. The lowest BCUT2D eigenvalue weighted by molar-refractivity contribution is -0.153. The fourth-order valence-electron chi connectivity index (χ4n) is 6.36. The summed E-state index contributed by atoms with van der Waals surface area (Å²) in [5.41, 5.74) is 9.63. The molecule has 0 spiro atoms. The van der Waals surface area contributed by atoms with Gasteiger partial charge in [-0.25, -0.2) is 4.39 Å². The Balaban J connectivity index is 1.40. The van der Waals surface area contributed by atoms with E-state index in [4.69, 9.17) is 5.53 Å². The van der Waals surface area contributed by atoms with Crippen LogP contribution in [0.2, 0.25) is 0 Å². The van der Waals surface area contributed by atoms with Crippen LogP contribution in [-0.4, -0.2) is 36.9 Å². The van der Waals surface area contributed by atoms with Gasteiger partial charge in [-0.3, -0.25) is 9.59 Å². The average Bonchev–Trinajstić information content (AvgIpc) is 3.46. The molecular formula is C24H21FN6O4S. The Labute approximate surface area is 205 Å². The molecule has 2 aromatic rings. The first kappa shape index (κ1) is 22.7. The molecule has 10 nitrogen and oxygen atoms in total. The van der Waals surface area contributed by atoms with Gasteiger partial charge in [0.25, 0.3) is 10.0 Å². The number of fused-ring (bicyclic) bond motifs is 6. The Morgan fingerprint density at radius 2 is 1.89 bits per heavy atom. The van der Waals surface area contributed by atoms with Crippen molar-refractivity contribution in [2.24, 2.45) is 33.2 Å². The number of nitrogens with one attached hydrogen (secondary N) is 1. The molecule has 5 atom stereocenters. The highest BCUT2D eigenvalue weighted by Crippen LogP contribution is 2.54. The molecule has 2 heterocycles. The Bertz CT molecular complexity index is 1480. The van der Waals surface area contributed by atoms with Crippen molar-refractivity contribution in [1.29, 1.82) is 0 Å². The molecule has 1 N–H and O–H groups in total. The molecule has 3 fully saturated rings. The number of carbonyl (C=O) groups is 2. The Morgan fingerprint density at radius 3 is 2.64 bits per heavy atom. The third kappa shape index (κ3) is 3.48. The van der Waals surface area contributed by atoms with Crippen molar-refractivity contribution in [3.8, 4) is 0 Å². The van der Waals surface area contributed by atoms with E-state index in [9.17, 15) is 22.4 Å². The van der Waals surface area contributed by atoms with Crippen molar-refractivity contribution in [2.45, 2.75) is 36.7 Å². The summed E-state index contributed by atoms with van der Waals surface area (Å²) in [6.07, 6.45) is 2.68. The van der Waals surface area contributed by atoms with E-state index in [0.717, 1.165) is 24.8 Å². The standard InChI is InChI=1S/C24H21FN6O4S/c25-15-5-1-12(2-6-15)11-31-21-14-4-3-13(9-14)19(21)22(32)20(24(31)33)23-27-17-8-7-16(28-30-26)10-18(17)36(34,35)29-23/h1-2,5-8,10,13-14,19-21H,3-4,9,11H2,(H,27,29)/t13-,14+,19?,20?,21?/m0/s1. The van der Waals surface area contributed by atoms with Crippen LogP contribution in [0.25, 0.3) is 10.4 Å². The molecule has 2 aliphatic heterocycles. The number of sulfonamides is 1. The van der Waals surface area contributed by atoms with Crippen molar-refractivity contribution in [3.05, 3.63) is 64.3 Å². The number of amidine groups is 1. The van der Waals surface area contributed by atoms with Crippen molar-refractivity contribution >= 4 is 38.9 Å². The topological polar surface area (TPSA) is 145 Å². The van der Waals surface area contributed by atoms with Gasteiger partial charge in [-0.05, 0) is 66.5 Å². The van der Waals surface area contributed by atoms with Crippen LogP contribution in [0.1, 0.15) is 24.8 Å². The van der Waals surface area contributed by atoms with Gasteiger partial charge in [0.2, 0.25) is 5.91 Å². The van der Waals surface area contributed by atoms with Crippen LogP contribution in [0, 0.1) is 29.5 Å². The number of carbonyl (C=O) groups excluding carboxylic acids is 2. The molecule has 2 saturated carbocycles. The van der Waals surface area contributed by atoms with Gasteiger partial charge in [0.05, 0.1) is 5.69 Å². The summed E-state index contributed by atoms with van der Waals surface area (Å²) in [4.78, 5) is 31.7. The maximum atomic E-state index is 13.8. The molecule has 4 aliphatic rings. The van der Waals surface area contributed by atoms with Gasteiger partial charge >= 0.3 is 0 Å². The summed E-state index contributed by atoms with van der Waals surface area (Å²) >= 11 is 0. The molecule has 2 bridgehead atoms. The summed E-state index contributed by atoms with van der Waals surface area (Å²) in [7, 11) is -4.26. The monoisotopic (exact) mass is 508 g/mol. The van der Waals surface area contributed by atoms with Crippen LogP contribution < -0.4 is 5.32 Å². The second-order valence-electron chi connectivity index (χ2n) is 9.72. The van der Waals surface area contributed by atoms with Gasteiger partial charge in [-0.2, -0.15) is 8.42 Å². The molecule has 0 aromatic heterocycles. The number of halogens is 1. The minimum atomic E-state index is -4.26. The van der Waals surface area contributed by atoms with E-state index in [1.54, 1.807) is 17.0 Å². The number of hydrogen-bond donors (Lipinski definition) is 1. The molecular weight excluding hydrogens is 487 g/mol. The zero-order valence-electron chi connectivity index (χ0n) is 18.9. The lowest BCUT2D eigenvalue weighted by Crippen LogP contribution is -2.61. The molecule has 2 aromatic carbocycles. The second kappa shape index (κ2) is 8.14. The van der Waals surface area contributed by atoms with E-state index in [1.807, 2.05) is 0 Å². The van der Waals surface area contributed by atoms with Gasteiger partial charge in [0, 0.05) is 29.1 Å². The summed E-state index contributed by atoms with van der Waals surface area (Å²) in [6, 6.07) is 9.64. The fourth-order valence-corrected chi connectivity index (χ4v) is 7.54. The number of likely N-dealkylation sites (tertiary alicyclic amines) is 1. The highest BCUT2D eigenvalue weighted by atomic mass is 32.2. The lowest BCUT2D eigenvalue weighted by atomic mass is 9.73. The fraction of sp³-hybridized carbons (Fsp3) is 0.375. The van der Waals surface area contributed by atoms with E-state index >= 15 is 0 Å². The molecule has 0 radical (unpaired) electrons. The van der Waals surface area contributed by atoms with Crippen LogP contribution in [0.3, 0.4) is 0 Å². The number of anilines is 1. The first-order valence-electron chi connectivity index (χ1n) is 11.7. The van der Waals surface area contributed by atoms with Gasteiger partial charge < -0.3 is 10.2 Å². The largest absolute Gasteiger partial charge is 0.341 e. The Morgan fingerprint density at radius 1 is 1.14 bits per heavy atom. The van der Waals surface area contributed by atoms with Gasteiger partial charge in [-0.15, -0.1) is 4.40 Å². The molecule has 1 saturated heterocycles. The molecule has 1 amide bonds. The maximum Gasteiger partial charge on any atom is 0.286 e. The zero-order chi connectivity index (χ0) is 25.2. The highest BCUT2D eigenvalue weighted by Gasteiger charge is 2.60. The van der Waals surface area contributed by atoms with Gasteiger partial charge in [0.1, 0.15) is 16.5 Å². The van der Waals surface area contributed by atoms with Crippen LogP contribution in [0.15, 0.2) is 56.9 Å². The van der Waals surface area contributed by atoms with E-state index in [1.165, 1.54) is 30.3 Å². The number of nitrogens with zero attached hydrogens (tertiary/aromatic N) is 5. The predicted molar refractivity (Wildman–Crippen MR) is 127 cm³/mol. The third-order valence-electron chi connectivity index (χ3n) is 7.80. The number of hydrogen-bond acceptors (Lipinski definition) is 6. The summed E-state index contributed by atoms with van der Waals surface area (Å²) in [5, 5.41) is 6.31. The number of rotatable bonds is 4. The van der Waals surface area contributed by atoms with E-state index < -0.39 is 27.8 Å². The third-order valence-corrected chi connectivity index (χ3v) is 9.13. The molecule has 2 aliphatic carbocycles. The van der Waals surface area contributed by atoms with Crippen molar-refractivity contribution in [1.82, 2.24) is 4.90 Å². The quantitative estimate of drug-likeness (QED) is 0.288. The van der Waals surface area contributed by atoms with E-state index in [-0.39, 0.29) is 58.1 Å². The van der Waals surface area contributed by atoms with Gasteiger partial charge in [0.15, 0.2) is 11.7 Å². The van der Waals surface area contributed by atoms with Gasteiger partial charge in [-0.1, -0.05) is 23.3 Å². The number of piperidine rings is 1. The minimum Gasteiger partial charge on any atom is -0.341 e. The number of azide groups is 1. The maximum absolute atomic E-state index is 13.8. The SMILES string of the molecule is [N-]=[N+]=Nc1ccc2c(c1)S(=O)(=O)N=C(C1C(=O)C3C([C@@H]4CC[C@H]3C4)N(Cc3ccc(F)cc3)C1=O)N2. The minimum absolute atomic E-state index is 0.0976. The predicted octanol–water partition coefficient (Wildman–Crippen LogP) is 3.92. The van der Waals surface area contributed by atoms with Crippen LogP contribution in [-0.2, 0) is 26.2 Å². The smallest absolute Gasteiger partial charge is 0.286 e. The number of amides is 1. The Hall–Kier alpha value is -3.76. The number of Topliss-reactive ketones (excluding diaryl/α,β-unsaturated/α-hetero) is 1. The van der Waals surface area contributed by atoms with Crippen LogP contribution in [0.4, 0.5) is 15.8 Å². The second-order valence-corrected chi connectivity index (χ2v) is 11.3. The van der Waals surface area contributed by atoms with Crippen LogP contribution in [0.5, 0.6) is 0 Å². The highest BCUT2D eigenvalue weighted by molar-refractivity contribution is 7.90. The van der Waals surface area contributed by atoms with Crippen molar-refractivity contribution in [2.75, 3.05) is 5.32 Å². The Kier molecular flexibility index (Phi) is 5.13. The molecule has 184 valence electrons. The molecule has 6 rings (SSSR count). The summed E-state index contributed by atoms with van der Waals surface area (Å²) < 4.78 is 43.3. The number of benzene rings is 2. The summed E-state index contributed by atoms with van der Waals surface area (Å²) in [5.74, 6) is -2.85. The molecule has 36 heavy (non-hydrogen) atoms. The molecule has 12 heteroatoms. The normalized spacial score (nSPS) is 29.6. The lowest BCUT2D eigenvalue weighted by Gasteiger charge is -2.45. The van der Waals surface area contributed by atoms with E-state index in [2.05, 4.69) is 19.7 Å². The number of ketones is 1. The first-order chi connectivity index (χ1) is 17.3. The zero-order valence-corrected chi connectivity index (χ0v) is 19.7. The van der Waals surface area contributed by atoms with Crippen molar-refractivity contribution < 1.29 is 22.4 Å². The van der Waals surface area contributed by atoms with Crippen molar-refractivity contribution in [3.63, 3.8) is 0 Å².